The van der Waals surface area contributed by atoms with Crippen LogP contribution >= 0.6 is 11.6 Å². The lowest BCUT2D eigenvalue weighted by atomic mass is 10.1. The molecule has 0 radical (unpaired) electrons. The van der Waals surface area contributed by atoms with Crippen LogP contribution in [-0.4, -0.2) is 16.9 Å². The predicted octanol–water partition coefficient (Wildman–Crippen LogP) is 2.05. The number of carboxylic acids is 1. The molecular weight excluding hydrogens is 211 g/mol. The molecule has 0 aliphatic rings. The highest BCUT2D eigenvalue weighted by Crippen LogP contribution is 2.20. The van der Waals surface area contributed by atoms with Crippen LogP contribution < -0.4 is 0 Å². The minimum Gasteiger partial charge on any atom is -0.475 e. The first-order chi connectivity index (χ1) is 6.43. The minimum absolute atomic E-state index is 0.163. The van der Waals surface area contributed by atoms with E-state index in [0.29, 0.717) is 5.56 Å². The summed E-state index contributed by atoms with van der Waals surface area (Å²) < 4.78 is 13.1. The molecule has 1 aromatic rings. The van der Waals surface area contributed by atoms with E-state index >= 15 is 0 Å². The van der Waals surface area contributed by atoms with E-state index in [4.69, 9.17) is 16.7 Å². The molecule has 0 heterocycles. The van der Waals surface area contributed by atoms with Crippen molar-refractivity contribution in [2.75, 3.05) is 0 Å². The smallest absolute Gasteiger partial charge is 0.377 e. The van der Waals surface area contributed by atoms with Crippen molar-refractivity contribution in [3.63, 3.8) is 0 Å². The fourth-order valence-corrected chi connectivity index (χ4v) is 1.10. The Morgan fingerprint density at radius 3 is 2.50 bits per heavy atom. The number of hydrogen-bond acceptors (Lipinski definition) is 2. The Bertz CT molecular complexity index is 415. The van der Waals surface area contributed by atoms with Gasteiger partial charge in [-0.05, 0) is 24.6 Å². The van der Waals surface area contributed by atoms with E-state index in [1.165, 1.54) is 0 Å². The molecule has 0 unspecified atom stereocenters. The second kappa shape index (κ2) is 3.75. The van der Waals surface area contributed by atoms with E-state index in [-0.39, 0.29) is 5.02 Å². The van der Waals surface area contributed by atoms with Crippen molar-refractivity contribution in [1.82, 2.24) is 0 Å². The first-order valence-corrected chi connectivity index (χ1v) is 4.04. The average molecular weight is 217 g/mol. The largest absolute Gasteiger partial charge is 0.475 e. The Morgan fingerprint density at radius 2 is 2.00 bits per heavy atom. The minimum atomic E-state index is -1.70. The Hall–Kier alpha value is -1.42. The molecule has 1 aromatic carbocycles. The van der Waals surface area contributed by atoms with Crippen molar-refractivity contribution in [1.29, 1.82) is 0 Å². The maximum atomic E-state index is 13.1. The molecule has 0 bridgehead atoms. The summed E-state index contributed by atoms with van der Waals surface area (Å²) in [5.74, 6) is -3.88. The number of Topliss-reactive ketones (excluding diaryl/α,β-unsaturated/α-hetero) is 1. The number of benzene rings is 1. The standard InChI is InChI=1S/C9H6ClFO3/c1-4-2-7(11)5(3-6(4)10)8(12)9(13)14/h2-3H,1H3,(H,13,14). The zero-order valence-corrected chi connectivity index (χ0v) is 7.93. The molecule has 0 atom stereocenters. The fourth-order valence-electron chi connectivity index (χ4n) is 0.935. The van der Waals surface area contributed by atoms with E-state index < -0.39 is 23.1 Å². The van der Waals surface area contributed by atoms with Crippen LogP contribution in [0.3, 0.4) is 0 Å². The zero-order valence-electron chi connectivity index (χ0n) is 7.17. The molecule has 5 heteroatoms. The Labute approximate surface area is 84.1 Å². The topological polar surface area (TPSA) is 54.4 Å². The molecule has 0 spiro atoms. The second-order valence-electron chi connectivity index (χ2n) is 2.72. The third-order valence-electron chi connectivity index (χ3n) is 1.69. The quantitative estimate of drug-likeness (QED) is 0.608. The molecule has 1 rings (SSSR count). The first-order valence-electron chi connectivity index (χ1n) is 3.66. The number of aliphatic carboxylic acids is 1. The van der Waals surface area contributed by atoms with E-state index in [2.05, 4.69) is 0 Å². The molecule has 0 aliphatic carbocycles. The highest BCUT2D eigenvalue weighted by atomic mass is 35.5. The van der Waals surface area contributed by atoms with Crippen LogP contribution in [-0.2, 0) is 4.79 Å². The molecular formula is C9H6ClFO3. The molecule has 3 nitrogen and oxygen atoms in total. The van der Waals surface area contributed by atoms with Gasteiger partial charge >= 0.3 is 5.97 Å². The summed E-state index contributed by atoms with van der Waals surface area (Å²) in [6, 6.07) is 2.04. The fraction of sp³-hybridized carbons (Fsp3) is 0.111. The van der Waals surface area contributed by atoms with Gasteiger partial charge in [0.25, 0.3) is 5.78 Å². The monoisotopic (exact) mass is 216 g/mol. The summed E-state index contributed by atoms with van der Waals surface area (Å²) in [7, 11) is 0. The van der Waals surface area contributed by atoms with Crippen molar-refractivity contribution in [3.8, 4) is 0 Å². The number of rotatable bonds is 2. The molecule has 0 aliphatic heterocycles. The summed E-state index contributed by atoms with van der Waals surface area (Å²) in [5.41, 5.74) is -0.0702. The number of hydrogen-bond donors (Lipinski definition) is 1. The third kappa shape index (κ3) is 1.90. The van der Waals surface area contributed by atoms with Gasteiger partial charge in [-0.3, -0.25) is 4.79 Å². The lowest BCUT2D eigenvalue weighted by Crippen LogP contribution is -2.14. The lowest BCUT2D eigenvalue weighted by molar-refractivity contribution is -0.131. The van der Waals surface area contributed by atoms with Gasteiger partial charge in [0, 0.05) is 5.02 Å². The maximum Gasteiger partial charge on any atom is 0.377 e. The van der Waals surface area contributed by atoms with Gasteiger partial charge in [0.2, 0.25) is 0 Å². The summed E-state index contributed by atoms with van der Waals surface area (Å²) in [5, 5.41) is 8.52. The van der Waals surface area contributed by atoms with Gasteiger partial charge in [-0.2, -0.15) is 0 Å². The molecule has 0 aromatic heterocycles. The number of halogens is 2. The highest BCUT2D eigenvalue weighted by Gasteiger charge is 2.19. The molecule has 0 saturated carbocycles. The van der Waals surface area contributed by atoms with Crippen LogP contribution in [0, 0.1) is 12.7 Å². The Balaban J connectivity index is 3.29. The second-order valence-corrected chi connectivity index (χ2v) is 3.12. The first kappa shape index (κ1) is 10.7. The van der Waals surface area contributed by atoms with Crippen LogP contribution in [0.4, 0.5) is 4.39 Å². The molecule has 74 valence electrons. The van der Waals surface area contributed by atoms with Crippen LogP contribution in [0.2, 0.25) is 5.02 Å². The van der Waals surface area contributed by atoms with Crippen molar-refractivity contribution < 1.29 is 19.1 Å². The van der Waals surface area contributed by atoms with E-state index in [1.54, 1.807) is 6.92 Å². The number of ketones is 1. The molecule has 0 amide bonds. The van der Waals surface area contributed by atoms with Crippen LogP contribution in [0.5, 0.6) is 0 Å². The van der Waals surface area contributed by atoms with Crippen molar-refractivity contribution in [2.45, 2.75) is 6.92 Å². The van der Waals surface area contributed by atoms with Crippen LogP contribution in [0.15, 0.2) is 12.1 Å². The number of carbonyl (C=O) groups is 2. The van der Waals surface area contributed by atoms with Crippen LogP contribution in [0.1, 0.15) is 15.9 Å². The average Bonchev–Trinajstić information content (AvgIpc) is 2.10. The van der Waals surface area contributed by atoms with Crippen molar-refractivity contribution in [3.05, 3.63) is 34.1 Å². The normalized spacial score (nSPS) is 9.93. The van der Waals surface area contributed by atoms with Crippen LogP contribution in [0.25, 0.3) is 0 Å². The van der Waals surface area contributed by atoms with Gasteiger partial charge < -0.3 is 5.11 Å². The SMILES string of the molecule is Cc1cc(F)c(C(=O)C(=O)O)cc1Cl. The van der Waals surface area contributed by atoms with Gasteiger partial charge in [0.15, 0.2) is 0 Å². The summed E-state index contributed by atoms with van der Waals surface area (Å²) in [6.07, 6.45) is 0. The lowest BCUT2D eigenvalue weighted by Gasteiger charge is -2.02. The summed E-state index contributed by atoms with van der Waals surface area (Å²) in [6.45, 7) is 1.56. The number of carboxylic acid groups (broad SMARTS) is 1. The molecule has 0 fully saturated rings. The van der Waals surface area contributed by atoms with Gasteiger partial charge in [0.05, 0.1) is 5.56 Å². The van der Waals surface area contributed by atoms with Crippen molar-refractivity contribution in [2.24, 2.45) is 0 Å². The zero-order chi connectivity index (χ0) is 10.9. The molecule has 14 heavy (non-hydrogen) atoms. The Kier molecular flexibility index (Phi) is 2.86. The highest BCUT2D eigenvalue weighted by molar-refractivity contribution is 6.40. The van der Waals surface area contributed by atoms with Gasteiger partial charge in [0.1, 0.15) is 5.82 Å². The molecule has 0 saturated heterocycles. The molecule has 1 N–H and O–H groups in total. The van der Waals surface area contributed by atoms with Crippen molar-refractivity contribution >= 4 is 23.4 Å². The van der Waals surface area contributed by atoms with E-state index in [9.17, 15) is 14.0 Å². The van der Waals surface area contributed by atoms with Gasteiger partial charge in [-0.25, -0.2) is 9.18 Å². The summed E-state index contributed by atoms with van der Waals surface area (Å²) >= 11 is 5.62. The third-order valence-corrected chi connectivity index (χ3v) is 2.09. The van der Waals surface area contributed by atoms with Gasteiger partial charge in [-0.1, -0.05) is 11.6 Å². The number of carbonyl (C=O) groups excluding carboxylic acids is 1. The summed E-state index contributed by atoms with van der Waals surface area (Å²) in [4.78, 5) is 21.2. The van der Waals surface area contributed by atoms with Gasteiger partial charge in [-0.15, -0.1) is 0 Å². The maximum absolute atomic E-state index is 13.1. The predicted molar refractivity (Wildman–Crippen MR) is 48.1 cm³/mol. The van der Waals surface area contributed by atoms with E-state index in [0.717, 1.165) is 12.1 Å². The van der Waals surface area contributed by atoms with E-state index in [1.807, 2.05) is 0 Å². The Morgan fingerprint density at radius 1 is 1.43 bits per heavy atom. The number of aryl methyl sites for hydroxylation is 1.